The Bertz CT molecular complexity index is 621. The quantitative estimate of drug-likeness (QED) is 0.653. The lowest BCUT2D eigenvalue weighted by Gasteiger charge is -2.00. The van der Waals surface area contributed by atoms with Gasteiger partial charge in [0.05, 0.1) is 6.21 Å². The molecule has 0 atom stereocenters. The summed E-state index contributed by atoms with van der Waals surface area (Å²) in [6.45, 7) is 1.92. The van der Waals surface area contributed by atoms with E-state index in [1.807, 2.05) is 19.1 Å². The van der Waals surface area contributed by atoms with E-state index in [0.717, 1.165) is 5.56 Å². The zero-order valence-electron chi connectivity index (χ0n) is 10.5. The minimum Gasteiger partial charge on any atom is -0.508 e. The Morgan fingerprint density at radius 1 is 1.21 bits per heavy atom. The second-order valence-corrected chi connectivity index (χ2v) is 4.16. The second kappa shape index (κ2) is 5.82. The first-order chi connectivity index (χ1) is 9.15. The van der Waals surface area contributed by atoms with Crippen LogP contribution in [0.1, 0.15) is 21.5 Å². The van der Waals surface area contributed by atoms with Gasteiger partial charge in [0.15, 0.2) is 0 Å². The van der Waals surface area contributed by atoms with Crippen LogP contribution in [0.15, 0.2) is 53.6 Å². The van der Waals surface area contributed by atoms with Gasteiger partial charge in [0.2, 0.25) is 0 Å². The molecule has 0 spiro atoms. The van der Waals surface area contributed by atoms with Crippen molar-refractivity contribution in [1.29, 1.82) is 0 Å². The third-order valence-electron chi connectivity index (χ3n) is 2.53. The van der Waals surface area contributed by atoms with Gasteiger partial charge in [-0.3, -0.25) is 4.79 Å². The molecule has 2 aromatic carbocycles. The number of carbonyl (C=O) groups excluding carboxylic acids is 1. The van der Waals surface area contributed by atoms with Crippen molar-refractivity contribution in [3.8, 4) is 5.75 Å². The fourth-order valence-electron chi connectivity index (χ4n) is 1.62. The number of hydrogen-bond donors (Lipinski definition) is 2. The summed E-state index contributed by atoms with van der Waals surface area (Å²) in [6.07, 6.45) is 1.48. The number of hydrogen-bond acceptors (Lipinski definition) is 3. The number of rotatable bonds is 3. The maximum absolute atomic E-state index is 11.8. The average molecular weight is 254 g/mol. The van der Waals surface area contributed by atoms with Gasteiger partial charge in [-0.1, -0.05) is 29.8 Å². The molecule has 0 fully saturated rings. The van der Waals surface area contributed by atoms with Crippen molar-refractivity contribution in [2.75, 3.05) is 0 Å². The molecule has 0 bridgehead atoms. The lowest BCUT2D eigenvalue weighted by molar-refractivity contribution is 0.0955. The highest BCUT2D eigenvalue weighted by Gasteiger charge is 2.03. The number of hydrazone groups is 1. The van der Waals surface area contributed by atoms with Gasteiger partial charge in [-0.25, -0.2) is 5.43 Å². The molecule has 0 saturated carbocycles. The van der Waals surface area contributed by atoms with Gasteiger partial charge in [0, 0.05) is 5.56 Å². The Morgan fingerprint density at radius 3 is 2.74 bits per heavy atom. The number of aryl methyl sites for hydroxylation is 1. The molecule has 0 aliphatic heterocycles. The van der Waals surface area contributed by atoms with Gasteiger partial charge >= 0.3 is 0 Å². The molecule has 96 valence electrons. The van der Waals surface area contributed by atoms with Gasteiger partial charge in [-0.05, 0) is 36.8 Å². The van der Waals surface area contributed by atoms with E-state index in [9.17, 15) is 9.90 Å². The number of nitrogens with zero attached hydrogens (tertiary/aromatic N) is 1. The molecule has 0 saturated heterocycles. The van der Waals surface area contributed by atoms with Crippen LogP contribution in [0.3, 0.4) is 0 Å². The van der Waals surface area contributed by atoms with Gasteiger partial charge in [-0.2, -0.15) is 5.10 Å². The van der Waals surface area contributed by atoms with Crippen LogP contribution < -0.4 is 5.43 Å². The Hall–Kier alpha value is -2.62. The first kappa shape index (κ1) is 12.8. The molecule has 0 aromatic heterocycles. The number of phenolic OH excluding ortho intramolecular Hbond substituents is 1. The number of aromatic hydroxyl groups is 1. The smallest absolute Gasteiger partial charge is 0.271 e. The van der Waals surface area contributed by atoms with Crippen LogP contribution in [0.2, 0.25) is 0 Å². The zero-order chi connectivity index (χ0) is 13.7. The summed E-state index contributed by atoms with van der Waals surface area (Å²) in [6, 6.07) is 13.9. The van der Waals surface area contributed by atoms with Gasteiger partial charge in [0.25, 0.3) is 5.91 Å². The van der Waals surface area contributed by atoms with Crippen LogP contribution >= 0.6 is 0 Å². The van der Waals surface area contributed by atoms with E-state index in [4.69, 9.17) is 0 Å². The highest BCUT2D eigenvalue weighted by Crippen LogP contribution is 2.08. The topological polar surface area (TPSA) is 61.7 Å². The fraction of sp³-hybridized carbons (Fsp3) is 0.0667. The summed E-state index contributed by atoms with van der Waals surface area (Å²) in [5.74, 6) is -0.103. The summed E-state index contributed by atoms with van der Waals surface area (Å²) in [7, 11) is 0. The number of nitrogens with one attached hydrogen (secondary N) is 1. The van der Waals surface area contributed by atoms with Crippen molar-refractivity contribution in [2.45, 2.75) is 6.92 Å². The molecule has 0 unspecified atom stereocenters. The highest BCUT2D eigenvalue weighted by atomic mass is 16.3. The summed E-state index contributed by atoms with van der Waals surface area (Å²) in [4.78, 5) is 11.8. The SMILES string of the molecule is Cc1cccc(C(=O)NN=Cc2cccc(O)c2)c1. The maximum atomic E-state index is 11.8. The first-order valence-electron chi connectivity index (χ1n) is 5.84. The molecular weight excluding hydrogens is 240 g/mol. The predicted octanol–water partition coefficient (Wildman–Crippen LogP) is 2.46. The van der Waals surface area contributed by atoms with Crippen molar-refractivity contribution in [3.05, 3.63) is 65.2 Å². The molecule has 4 nitrogen and oxygen atoms in total. The van der Waals surface area contributed by atoms with Crippen molar-refractivity contribution >= 4 is 12.1 Å². The van der Waals surface area contributed by atoms with Crippen LogP contribution in [0.5, 0.6) is 5.75 Å². The van der Waals surface area contributed by atoms with Crippen molar-refractivity contribution in [1.82, 2.24) is 5.43 Å². The van der Waals surface area contributed by atoms with E-state index in [0.29, 0.717) is 11.1 Å². The van der Waals surface area contributed by atoms with Crippen LogP contribution in [0, 0.1) is 6.92 Å². The number of amides is 1. The van der Waals surface area contributed by atoms with Gasteiger partial charge < -0.3 is 5.11 Å². The zero-order valence-corrected chi connectivity index (χ0v) is 10.5. The Labute approximate surface area is 111 Å². The minimum absolute atomic E-state index is 0.161. The molecule has 19 heavy (non-hydrogen) atoms. The number of phenols is 1. The second-order valence-electron chi connectivity index (χ2n) is 4.16. The normalized spacial score (nSPS) is 10.6. The third-order valence-corrected chi connectivity index (χ3v) is 2.53. The van der Waals surface area contributed by atoms with Crippen LogP contribution in [0.4, 0.5) is 0 Å². The molecule has 2 aromatic rings. The predicted molar refractivity (Wildman–Crippen MR) is 74.3 cm³/mol. The number of carbonyl (C=O) groups is 1. The molecule has 0 radical (unpaired) electrons. The molecule has 0 aliphatic rings. The van der Waals surface area contributed by atoms with E-state index < -0.39 is 0 Å². The molecule has 1 amide bonds. The summed E-state index contributed by atoms with van der Waals surface area (Å²) in [5.41, 5.74) is 4.74. The van der Waals surface area contributed by atoms with E-state index >= 15 is 0 Å². The van der Waals surface area contributed by atoms with Crippen LogP contribution in [-0.2, 0) is 0 Å². The van der Waals surface area contributed by atoms with Gasteiger partial charge in [0.1, 0.15) is 5.75 Å². The van der Waals surface area contributed by atoms with Crippen molar-refractivity contribution in [3.63, 3.8) is 0 Å². The van der Waals surface area contributed by atoms with E-state index in [2.05, 4.69) is 10.5 Å². The van der Waals surface area contributed by atoms with Crippen molar-refractivity contribution in [2.24, 2.45) is 5.10 Å². The summed E-state index contributed by atoms with van der Waals surface area (Å²) < 4.78 is 0. The lowest BCUT2D eigenvalue weighted by Crippen LogP contribution is -2.17. The maximum Gasteiger partial charge on any atom is 0.271 e. The van der Waals surface area contributed by atoms with Crippen molar-refractivity contribution < 1.29 is 9.90 Å². The van der Waals surface area contributed by atoms with Crippen LogP contribution in [-0.4, -0.2) is 17.2 Å². The van der Waals surface area contributed by atoms with E-state index in [1.54, 1.807) is 36.4 Å². The monoisotopic (exact) mass is 254 g/mol. The Morgan fingerprint density at radius 2 is 2.00 bits per heavy atom. The molecule has 4 heteroatoms. The molecular formula is C15H14N2O2. The standard InChI is InChI=1S/C15H14N2O2/c1-11-4-2-6-13(8-11)15(19)17-16-10-12-5-3-7-14(18)9-12/h2-10,18H,1H3,(H,17,19). The Kier molecular flexibility index (Phi) is 3.93. The summed E-state index contributed by atoms with van der Waals surface area (Å²) in [5, 5.41) is 13.1. The minimum atomic E-state index is -0.264. The average Bonchev–Trinajstić information content (AvgIpc) is 2.38. The van der Waals surface area contributed by atoms with E-state index in [-0.39, 0.29) is 11.7 Å². The number of benzene rings is 2. The molecule has 0 heterocycles. The van der Waals surface area contributed by atoms with E-state index in [1.165, 1.54) is 6.21 Å². The molecule has 2 rings (SSSR count). The third kappa shape index (κ3) is 3.67. The summed E-state index contributed by atoms with van der Waals surface area (Å²) >= 11 is 0. The van der Waals surface area contributed by atoms with Crippen LogP contribution in [0.25, 0.3) is 0 Å². The lowest BCUT2D eigenvalue weighted by atomic mass is 10.1. The van der Waals surface area contributed by atoms with Gasteiger partial charge in [-0.15, -0.1) is 0 Å². The highest BCUT2D eigenvalue weighted by molar-refractivity contribution is 5.95. The fourth-order valence-corrected chi connectivity index (χ4v) is 1.62. The molecule has 0 aliphatic carbocycles. The largest absolute Gasteiger partial charge is 0.508 e. The Balaban J connectivity index is 2.01. The first-order valence-corrected chi connectivity index (χ1v) is 5.84. The molecule has 2 N–H and O–H groups in total.